The van der Waals surface area contributed by atoms with Crippen LogP contribution < -0.4 is 5.32 Å². The molecule has 0 fully saturated rings. The molecule has 2 aromatic carbocycles. The lowest BCUT2D eigenvalue weighted by Gasteiger charge is -2.08. The Morgan fingerprint density at radius 1 is 1.16 bits per heavy atom. The molecule has 2 rings (SSSR count). The van der Waals surface area contributed by atoms with E-state index in [0.717, 1.165) is 29.3 Å². The van der Waals surface area contributed by atoms with Crippen LogP contribution in [-0.2, 0) is 11.2 Å². The van der Waals surface area contributed by atoms with Crippen molar-refractivity contribution < 1.29 is 13.6 Å². The lowest BCUT2D eigenvalue weighted by atomic mass is 10.1. The van der Waals surface area contributed by atoms with Gasteiger partial charge in [0.25, 0.3) is 0 Å². The standard InChI is InChI=1S/C15H13F2NO/c1-10-4-2-3-5-11(10)8-15(19)18-14-9-12(16)6-7-13(14)17/h2-7,9H,8H2,1H3,(H,18,19). The van der Waals surface area contributed by atoms with Crippen LogP contribution in [0.5, 0.6) is 0 Å². The number of nitrogens with one attached hydrogen (secondary N) is 1. The normalized spacial score (nSPS) is 10.3. The first kappa shape index (κ1) is 13.2. The van der Waals surface area contributed by atoms with Crippen molar-refractivity contribution in [2.75, 3.05) is 5.32 Å². The molecule has 0 aliphatic carbocycles. The number of benzene rings is 2. The molecule has 0 spiro atoms. The number of aryl methyl sites for hydroxylation is 1. The van der Waals surface area contributed by atoms with Gasteiger partial charge in [-0.05, 0) is 30.2 Å². The summed E-state index contributed by atoms with van der Waals surface area (Å²) in [5.41, 5.74) is 1.70. The van der Waals surface area contributed by atoms with E-state index in [0.29, 0.717) is 0 Å². The van der Waals surface area contributed by atoms with E-state index in [1.54, 1.807) is 0 Å². The molecule has 0 saturated carbocycles. The molecule has 98 valence electrons. The third-order valence-corrected chi connectivity index (χ3v) is 2.81. The lowest BCUT2D eigenvalue weighted by molar-refractivity contribution is -0.115. The van der Waals surface area contributed by atoms with Gasteiger partial charge in [-0.25, -0.2) is 8.78 Å². The van der Waals surface area contributed by atoms with Crippen LogP contribution in [0.1, 0.15) is 11.1 Å². The highest BCUT2D eigenvalue weighted by atomic mass is 19.1. The van der Waals surface area contributed by atoms with Crippen molar-refractivity contribution in [2.45, 2.75) is 13.3 Å². The van der Waals surface area contributed by atoms with Crippen molar-refractivity contribution in [2.24, 2.45) is 0 Å². The van der Waals surface area contributed by atoms with Gasteiger partial charge in [-0.15, -0.1) is 0 Å². The maximum atomic E-state index is 13.4. The van der Waals surface area contributed by atoms with Gasteiger partial charge < -0.3 is 5.32 Å². The highest BCUT2D eigenvalue weighted by molar-refractivity contribution is 5.92. The number of carbonyl (C=O) groups excluding carboxylic acids is 1. The van der Waals surface area contributed by atoms with E-state index in [9.17, 15) is 13.6 Å². The van der Waals surface area contributed by atoms with Crippen molar-refractivity contribution in [3.8, 4) is 0 Å². The number of rotatable bonds is 3. The number of hydrogen-bond donors (Lipinski definition) is 1. The average molecular weight is 261 g/mol. The Bertz CT molecular complexity index is 611. The van der Waals surface area contributed by atoms with Gasteiger partial charge in [-0.3, -0.25) is 4.79 Å². The first-order chi connectivity index (χ1) is 9.06. The highest BCUT2D eigenvalue weighted by Gasteiger charge is 2.09. The minimum absolute atomic E-state index is 0.128. The monoisotopic (exact) mass is 261 g/mol. The number of carbonyl (C=O) groups is 1. The molecule has 0 aliphatic heterocycles. The zero-order valence-electron chi connectivity index (χ0n) is 10.4. The zero-order valence-corrected chi connectivity index (χ0v) is 10.4. The minimum Gasteiger partial charge on any atom is -0.323 e. The van der Waals surface area contributed by atoms with Crippen LogP contribution in [0.3, 0.4) is 0 Å². The molecule has 0 bridgehead atoms. The fourth-order valence-electron chi connectivity index (χ4n) is 1.77. The van der Waals surface area contributed by atoms with Crippen molar-refractivity contribution in [3.63, 3.8) is 0 Å². The number of anilines is 1. The molecule has 0 aromatic heterocycles. The Kier molecular flexibility index (Phi) is 3.90. The van der Waals surface area contributed by atoms with Gasteiger partial charge in [0.2, 0.25) is 5.91 Å². The summed E-state index contributed by atoms with van der Waals surface area (Å²) in [6.07, 6.45) is 0.128. The Labute approximate surface area is 110 Å². The van der Waals surface area contributed by atoms with Crippen LogP contribution in [0, 0.1) is 18.6 Å². The molecular formula is C15H13F2NO. The maximum absolute atomic E-state index is 13.4. The van der Waals surface area contributed by atoms with E-state index in [1.807, 2.05) is 31.2 Å². The van der Waals surface area contributed by atoms with Crippen LogP contribution in [0.2, 0.25) is 0 Å². The van der Waals surface area contributed by atoms with Crippen molar-refractivity contribution in [1.29, 1.82) is 0 Å². The summed E-state index contributed by atoms with van der Waals surface area (Å²) in [7, 11) is 0. The van der Waals surface area contributed by atoms with Crippen molar-refractivity contribution in [1.82, 2.24) is 0 Å². The molecular weight excluding hydrogens is 248 g/mol. The quantitative estimate of drug-likeness (QED) is 0.900. The Morgan fingerprint density at radius 3 is 2.63 bits per heavy atom. The van der Waals surface area contributed by atoms with Gasteiger partial charge in [0, 0.05) is 6.07 Å². The largest absolute Gasteiger partial charge is 0.323 e. The third-order valence-electron chi connectivity index (χ3n) is 2.81. The first-order valence-electron chi connectivity index (χ1n) is 5.85. The van der Waals surface area contributed by atoms with Gasteiger partial charge in [-0.1, -0.05) is 24.3 Å². The van der Waals surface area contributed by atoms with Crippen LogP contribution >= 0.6 is 0 Å². The molecule has 19 heavy (non-hydrogen) atoms. The summed E-state index contributed by atoms with van der Waals surface area (Å²) in [6.45, 7) is 1.89. The van der Waals surface area contributed by atoms with E-state index in [-0.39, 0.29) is 18.0 Å². The summed E-state index contributed by atoms with van der Waals surface area (Å²) in [6, 6.07) is 10.4. The summed E-state index contributed by atoms with van der Waals surface area (Å²) < 4.78 is 26.3. The van der Waals surface area contributed by atoms with Crippen LogP contribution in [0.4, 0.5) is 14.5 Å². The summed E-state index contributed by atoms with van der Waals surface area (Å²) >= 11 is 0. The number of amides is 1. The van der Waals surface area contributed by atoms with Crippen LogP contribution in [-0.4, -0.2) is 5.91 Å². The van der Waals surface area contributed by atoms with Crippen LogP contribution in [0.15, 0.2) is 42.5 Å². The molecule has 2 aromatic rings. The van der Waals surface area contributed by atoms with Gasteiger partial charge in [0.05, 0.1) is 12.1 Å². The lowest BCUT2D eigenvalue weighted by Crippen LogP contribution is -2.16. The SMILES string of the molecule is Cc1ccccc1CC(=O)Nc1cc(F)ccc1F. The molecule has 0 radical (unpaired) electrons. The first-order valence-corrected chi connectivity index (χ1v) is 5.85. The van der Waals surface area contributed by atoms with E-state index in [2.05, 4.69) is 5.32 Å². The second-order valence-electron chi connectivity index (χ2n) is 4.28. The number of halogens is 2. The van der Waals surface area contributed by atoms with Crippen molar-refractivity contribution >= 4 is 11.6 Å². The molecule has 0 heterocycles. The third kappa shape index (κ3) is 3.37. The van der Waals surface area contributed by atoms with Crippen molar-refractivity contribution in [3.05, 3.63) is 65.2 Å². The second-order valence-corrected chi connectivity index (χ2v) is 4.28. The average Bonchev–Trinajstić information content (AvgIpc) is 2.37. The molecule has 0 aliphatic rings. The van der Waals surface area contributed by atoms with E-state index < -0.39 is 11.6 Å². The fraction of sp³-hybridized carbons (Fsp3) is 0.133. The summed E-state index contributed by atoms with van der Waals surface area (Å²) in [5, 5.41) is 2.37. The molecule has 0 unspecified atom stereocenters. The molecule has 1 amide bonds. The molecule has 4 heteroatoms. The number of hydrogen-bond acceptors (Lipinski definition) is 1. The summed E-state index contributed by atoms with van der Waals surface area (Å²) in [4.78, 5) is 11.8. The summed E-state index contributed by atoms with van der Waals surface area (Å²) in [5.74, 6) is -1.62. The molecule has 2 nitrogen and oxygen atoms in total. The fourth-order valence-corrected chi connectivity index (χ4v) is 1.77. The smallest absolute Gasteiger partial charge is 0.228 e. The molecule has 1 N–H and O–H groups in total. The van der Waals surface area contributed by atoms with E-state index >= 15 is 0 Å². The van der Waals surface area contributed by atoms with Gasteiger partial charge >= 0.3 is 0 Å². The molecule has 0 atom stereocenters. The Morgan fingerprint density at radius 2 is 1.89 bits per heavy atom. The second kappa shape index (κ2) is 5.61. The van der Waals surface area contributed by atoms with Crippen LogP contribution in [0.25, 0.3) is 0 Å². The Balaban J connectivity index is 2.10. The predicted molar refractivity (Wildman–Crippen MR) is 69.9 cm³/mol. The molecule has 0 saturated heterocycles. The topological polar surface area (TPSA) is 29.1 Å². The van der Waals surface area contributed by atoms with E-state index in [4.69, 9.17) is 0 Å². The highest BCUT2D eigenvalue weighted by Crippen LogP contribution is 2.16. The zero-order chi connectivity index (χ0) is 13.8. The van der Waals surface area contributed by atoms with E-state index in [1.165, 1.54) is 0 Å². The van der Waals surface area contributed by atoms with Gasteiger partial charge in [0.1, 0.15) is 11.6 Å². The van der Waals surface area contributed by atoms with Gasteiger partial charge in [0.15, 0.2) is 0 Å². The minimum atomic E-state index is -0.653. The van der Waals surface area contributed by atoms with Gasteiger partial charge in [-0.2, -0.15) is 0 Å². The maximum Gasteiger partial charge on any atom is 0.228 e. The predicted octanol–water partition coefficient (Wildman–Crippen LogP) is 3.45. The Hall–Kier alpha value is -2.23.